The van der Waals surface area contributed by atoms with E-state index >= 15 is 0 Å². The Morgan fingerprint density at radius 1 is 1.29 bits per heavy atom. The zero-order chi connectivity index (χ0) is 12.7. The third-order valence-electron chi connectivity index (χ3n) is 2.26. The summed E-state index contributed by atoms with van der Waals surface area (Å²) in [7, 11) is 0. The maximum Gasteiger partial charge on any atom is 0.128 e. The van der Waals surface area contributed by atoms with Crippen LogP contribution in [-0.4, -0.2) is 24.9 Å². The molecule has 0 amide bonds. The lowest BCUT2D eigenvalue weighted by Gasteiger charge is -2.13. The van der Waals surface area contributed by atoms with E-state index in [1.165, 1.54) is 18.2 Å². The molecule has 3 nitrogen and oxygen atoms in total. The van der Waals surface area contributed by atoms with Gasteiger partial charge in [0.25, 0.3) is 0 Å². The number of aliphatic hydroxyl groups is 1. The average Bonchev–Trinajstić information content (AvgIpc) is 2.28. The first kappa shape index (κ1) is 13.9. The number of ether oxygens (including phenoxy) is 2. The zero-order valence-electron chi connectivity index (χ0n) is 10.3. The Bertz CT molecular complexity index is 339. The number of hydrogen-bond donors (Lipinski definition) is 1. The first-order valence-corrected chi connectivity index (χ1v) is 5.83. The van der Waals surface area contributed by atoms with Crippen LogP contribution >= 0.6 is 0 Å². The average molecular weight is 242 g/mol. The van der Waals surface area contributed by atoms with Gasteiger partial charge in [-0.1, -0.05) is 6.92 Å². The molecule has 96 valence electrons. The molecule has 0 radical (unpaired) electrons. The minimum absolute atomic E-state index is 0.350. The third kappa shape index (κ3) is 4.71. The van der Waals surface area contributed by atoms with Crippen LogP contribution in [0.5, 0.6) is 5.75 Å². The van der Waals surface area contributed by atoms with E-state index in [2.05, 4.69) is 0 Å². The molecular formula is C13H19FO3. The van der Waals surface area contributed by atoms with Gasteiger partial charge in [0.15, 0.2) is 0 Å². The molecule has 1 N–H and O–H groups in total. The van der Waals surface area contributed by atoms with E-state index in [4.69, 9.17) is 9.47 Å². The standard InChI is InChI=1S/C13H19FO3/c1-3-6-16-7-8-17-13-9-11(14)4-5-12(13)10(2)15/h4-5,9-10,15H,3,6-8H2,1-2H3/t10-/m1/s1. The normalized spacial score (nSPS) is 12.5. The van der Waals surface area contributed by atoms with Crippen LogP contribution in [0.15, 0.2) is 18.2 Å². The van der Waals surface area contributed by atoms with E-state index in [0.29, 0.717) is 31.1 Å². The van der Waals surface area contributed by atoms with E-state index < -0.39 is 6.10 Å². The summed E-state index contributed by atoms with van der Waals surface area (Å²) in [5.41, 5.74) is 0.585. The quantitative estimate of drug-likeness (QED) is 0.747. The summed E-state index contributed by atoms with van der Waals surface area (Å²) >= 11 is 0. The summed E-state index contributed by atoms with van der Waals surface area (Å²) in [5, 5.41) is 9.50. The topological polar surface area (TPSA) is 38.7 Å². The van der Waals surface area contributed by atoms with Crippen LogP contribution in [0.2, 0.25) is 0 Å². The highest BCUT2D eigenvalue weighted by atomic mass is 19.1. The van der Waals surface area contributed by atoms with Crippen molar-refractivity contribution >= 4 is 0 Å². The van der Waals surface area contributed by atoms with Crippen molar-refractivity contribution in [2.24, 2.45) is 0 Å². The van der Waals surface area contributed by atoms with Crippen molar-refractivity contribution in [1.82, 2.24) is 0 Å². The van der Waals surface area contributed by atoms with Gasteiger partial charge < -0.3 is 14.6 Å². The Kier molecular flexibility index (Phi) is 5.94. The van der Waals surface area contributed by atoms with Crippen LogP contribution < -0.4 is 4.74 Å². The maximum atomic E-state index is 13.0. The second-order valence-corrected chi connectivity index (χ2v) is 3.82. The molecule has 0 saturated heterocycles. The molecule has 17 heavy (non-hydrogen) atoms. The summed E-state index contributed by atoms with van der Waals surface area (Å²) < 4.78 is 23.7. The molecular weight excluding hydrogens is 223 g/mol. The lowest BCUT2D eigenvalue weighted by atomic mass is 10.1. The summed E-state index contributed by atoms with van der Waals surface area (Å²) in [6, 6.07) is 4.12. The minimum atomic E-state index is -0.679. The van der Waals surface area contributed by atoms with Gasteiger partial charge in [0.2, 0.25) is 0 Å². The highest BCUT2D eigenvalue weighted by Crippen LogP contribution is 2.25. The molecule has 0 heterocycles. The molecule has 0 aliphatic carbocycles. The lowest BCUT2D eigenvalue weighted by molar-refractivity contribution is 0.0985. The Balaban J connectivity index is 2.53. The molecule has 1 aromatic rings. The van der Waals surface area contributed by atoms with Crippen LogP contribution in [0.25, 0.3) is 0 Å². The second-order valence-electron chi connectivity index (χ2n) is 3.82. The highest BCUT2D eigenvalue weighted by molar-refractivity contribution is 5.35. The highest BCUT2D eigenvalue weighted by Gasteiger charge is 2.10. The van der Waals surface area contributed by atoms with Gasteiger partial charge in [-0.15, -0.1) is 0 Å². The first-order valence-electron chi connectivity index (χ1n) is 5.83. The van der Waals surface area contributed by atoms with E-state index in [1.807, 2.05) is 6.92 Å². The molecule has 1 atom stereocenters. The molecule has 0 aromatic heterocycles. The summed E-state index contributed by atoms with van der Waals surface area (Å²) in [6.45, 7) is 5.15. The van der Waals surface area contributed by atoms with Crippen LogP contribution in [-0.2, 0) is 4.74 Å². The van der Waals surface area contributed by atoms with Gasteiger partial charge in [0.05, 0.1) is 12.7 Å². The molecule has 0 bridgehead atoms. The molecule has 1 aromatic carbocycles. The molecule has 0 aliphatic rings. The molecule has 4 heteroatoms. The number of benzene rings is 1. The summed E-state index contributed by atoms with van der Waals surface area (Å²) in [5.74, 6) is -0.000949. The van der Waals surface area contributed by atoms with Crippen molar-refractivity contribution in [3.63, 3.8) is 0 Å². The molecule has 1 rings (SSSR count). The van der Waals surface area contributed by atoms with E-state index in [1.54, 1.807) is 6.92 Å². The molecule has 0 unspecified atom stereocenters. The monoisotopic (exact) mass is 242 g/mol. The number of aliphatic hydroxyl groups excluding tert-OH is 1. The van der Waals surface area contributed by atoms with E-state index in [9.17, 15) is 9.50 Å². The van der Waals surface area contributed by atoms with Crippen molar-refractivity contribution in [2.45, 2.75) is 26.4 Å². The zero-order valence-corrected chi connectivity index (χ0v) is 10.3. The van der Waals surface area contributed by atoms with E-state index in [-0.39, 0.29) is 5.82 Å². The van der Waals surface area contributed by atoms with Gasteiger partial charge in [-0.2, -0.15) is 0 Å². The predicted molar refractivity (Wildman–Crippen MR) is 63.6 cm³/mol. The van der Waals surface area contributed by atoms with Gasteiger partial charge in [-0.3, -0.25) is 0 Å². The largest absolute Gasteiger partial charge is 0.491 e. The SMILES string of the molecule is CCCOCCOc1cc(F)ccc1[C@@H](C)O. The fourth-order valence-corrected chi connectivity index (χ4v) is 1.44. The minimum Gasteiger partial charge on any atom is -0.491 e. The van der Waals surface area contributed by atoms with Gasteiger partial charge in [0, 0.05) is 18.2 Å². The van der Waals surface area contributed by atoms with Crippen molar-refractivity contribution in [1.29, 1.82) is 0 Å². The molecule has 0 fully saturated rings. The Hall–Kier alpha value is -1.13. The number of rotatable bonds is 7. The third-order valence-corrected chi connectivity index (χ3v) is 2.26. The Morgan fingerprint density at radius 2 is 2.06 bits per heavy atom. The van der Waals surface area contributed by atoms with Gasteiger partial charge >= 0.3 is 0 Å². The van der Waals surface area contributed by atoms with Crippen molar-refractivity contribution < 1.29 is 19.0 Å². The maximum absolute atomic E-state index is 13.0. The van der Waals surface area contributed by atoms with Crippen LogP contribution in [0.1, 0.15) is 31.9 Å². The van der Waals surface area contributed by atoms with Crippen molar-refractivity contribution in [3.05, 3.63) is 29.6 Å². The molecule has 0 spiro atoms. The van der Waals surface area contributed by atoms with Gasteiger partial charge in [0.1, 0.15) is 18.2 Å². The summed E-state index contributed by atoms with van der Waals surface area (Å²) in [4.78, 5) is 0. The van der Waals surface area contributed by atoms with Gasteiger partial charge in [-0.25, -0.2) is 4.39 Å². The van der Waals surface area contributed by atoms with Crippen molar-refractivity contribution in [2.75, 3.05) is 19.8 Å². The molecule has 0 saturated carbocycles. The fourth-order valence-electron chi connectivity index (χ4n) is 1.44. The van der Waals surface area contributed by atoms with Crippen LogP contribution in [0.4, 0.5) is 4.39 Å². The number of hydrogen-bond acceptors (Lipinski definition) is 3. The molecule has 0 aliphatic heterocycles. The van der Waals surface area contributed by atoms with Gasteiger partial charge in [-0.05, 0) is 25.5 Å². The summed E-state index contributed by atoms with van der Waals surface area (Å²) in [6.07, 6.45) is 0.279. The fraction of sp³-hybridized carbons (Fsp3) is 0.538. The first-order chi connectivity index (χ1) is 8.15. The Labute approximate surface area is 101 Å². The number of halogens is 1. The smallest absolute Gasteiger partial charge is 0.128 e. The van der Waals surface area contributed by atoms with Crippen LogP contribution in [0.3, 0.4) is 0 Å². The predicted octanol–water partition coefficient (Wildman–Crippen LogP) is 2.68. The van der Waals surface area contributed by atoms with E-state index in [0.717, 1.165) is 6.42 Å². The van der Waals surface area contributed by atoms with Crippen molar-refractivity contribution in [3.8, 4) is 5.75 Å². The second kappa shape index (κ2) is 7.25. The Morgan fingerprint density at radius 3 is 2.71 bits per heavy atom. The lowest BCUT2D eigenvalue weighted by Crippen LogP contribution is -2.09. The van der Waals surface area contributed by atoms with Crippen LogP contribution in [0, 0.1) is 5.82 Å².